The zero-order valence-corrected chi connectivity index (χ0v) is 14.1. The van der Waals surface area contributed by atoms with Gasteiger partial charge in [0.15, 0.2) is 0 Å². The summed E-state index contributed by atoms with van der Waals surface area (Å²) in [6.45, 7) is 2.31. The number of urea groups is 1. The smallest absolute Gasteiger partial charge is 0.332 e. The minimum Gasteiger partial charge on any atom is -0.508 e. The first-order chi connectivity index (χ1) is 11.5. The van der Waals surface area contributed by atoms with Crippen molar-refractivity contribution in [3.05, 3.63) is 29.3 Å². The normalized spacial score (nSPS) is 35.9. The number of carbonyl (C=O) groups excluding carboxylic acids is 1. The number of hydrogen-bond donors (Lipinski definition) is 3. The maximum absolute atomic E-state index is 11.0. The molecule has 4 N–H and O–H groups in total. The van der Waals surface area contributed by atoms with Crippen molar-refractivity contribution in [1.29, 1.82) is 0 Å². The summed E-state index contributed by atoms with van der Waals surface area (Å²) < 4.78 is 0. The number of nitrogens with zero attached hydrogens (tertiary/aromatic N) is 1. The summed E-state index contributed by atoms with van der Waals surface area (Å²) in [4.78, 5) is 11.0. The number of hydrazone groups is 1. The Morgan fingerprint density at radius 2 is 2.17 bits per heavy atom. The summed E-state index contributed by atoms with van der Waals surface area (Å²) in [5, 5.41) is 14.1. The number of benzene rings is 1. The van der Waals surface area contributed by atoms with Crippen LogP contribution < -0.4 is 11.2 Å². The highest BCUT2D eigenvalue weighted by atomic mass is 16.3. The van der Waals surface area contributed by atoms with Crippen molar-refractivity contribution in [3.63, 3.8) is 0 Å². The van der Waals surface area contributed by atoms with E-state index in [0.29, 0.717) is 23.5 Å². The lowest BCUT2D eigenvalue weighted by Gasteiger charge is -2.49. The van der Waals surface area contributed by atoms with Crippen molar-refractivity contribution < 1.29 is 9.90 Å². The number of phenols is 1. The number of amides is 2. The fourth-order valence-electron chi connectivity index (χ4n) is 5.66. The van der Waals surface area contributed by atoms with Crippen LogP contribution in [0.5, 0.6) is 5.75 Å². The van der Waals surface area contributed by atoms with Crippen LogP contribution in [0.4, 0.5) is 4.79 Å². The van der Waals surface area contributed by atoms with Gasteiger partial charge in [-0.05, 0) is 79.5 Å². The van der Waals surface area contributed by atoms with Crippen LogP contribution in [-0.2, 0) is 6.42 Å². The van der Waals surface area contributed by atoms with Crippen LogP contribution in [0, 0.1) is 17.3 Å². The summed E-state index contributed by atoms with van der Waals surface area (Å²) >= 11 is 0. The van der Waals surface area contributed by atoms with Crippen molar-refractivity contribution in [2.75, 3.05) is 0 Å². The minimum atomic E-state index is -0.588. The maximum atomic E-state index is 11.0. The van der Waals surface area contributed by atoms with Gasteiger partial charge in [-0.1, -0.05) is 13.0 Å². The van der Waals surface area contributed by atoms with Gasteiger partial charge in [-0.2, -0.15) is 5.10 Å². The maximum Gasteiger partial charge on any atom is 0.332 e. The molecule has 4 atom stereocenters. The number of nitrogens with two attached hydrogens (primary N) is 1. The van der Waals surface area contributed by atoms with Gasteiger partial charge in [0.25, 0.3) is 0 Å². The molecule has 4 rings (SSSR count). The van der Waals surface area contributed by atoms with Gasteiger partial charge in [0.05, 0.1) is 0 Å². The number of carbonyl (C=O) groups is 1. The van der Waals surface area contributed by atoms with Crippen LogP contribution in [0.1, 0.15) is 56.1 Å². The predicted octanol–water partition coefficient (Wildman–Crippen LogP) is 3.27. The van der Waals surface area contributed by atoms with E-state index < -0.39 is 6.03 Å². The molecule has 3 aliphatic carbocycles. The van der Waals surface area contributed by atoms with Crippen LogP contribution in [0.15, 0.2) is 23.3 Å². The third kappa shape index (κ3) is 2.29. The fourth-order valence-corrected chi connectivity index (χ4v) is 5.66. The first-order valence-corrected chi connectivity index (χ1v) is 8.93. The first-order valence-electron chi connectivity index (χ1n) is 8.93. The molecule has 2 fully saturated rings. The van der Waals surface area contributed by atoms with Gasteiger partial charge in [-0.25, -0.2) is 10.2 Å². The van der Waals surface area contributed by atoms with Gasteiger partial charge < -0.3 is 10.8 Å². The molecule has 1 aromatic rings. The second-order valence-electron chi connectivity index (χ2n) is 7.83. The van der Waals surface area contributed by atoms with Crippen molar-refractivity contribution in [1.82, 2.24) is 5.43 Å². The fraction of sp³-hybridized carbons (Fsp3) is 0.579. The highest BCUT2D eigenvalue weighted by molar-refractivity contribution is 5.93. The molecule has 3 aliphatic rings. The quantitative estimate of drug-likeness (QED) is 0.691. The van der Waals surface area contributed by atoms with E-state index in [-0.39, 0.29) is 5.41 Å². The lowest BCUT2D eigenvalue weighted by Crippen LogP contribution is -2.43. The molecular formula is C19H25N3O2. The predicted molar refractivity (Wildman–Crippen MR) is 92.9 cm³/mol. The Kier molecular flexibility index (Phi) is 3.55. The van der Waals surface area contributed by atoms with Gasteiger partial charge in [0.2, 0.25) is 0 Å². The number of hydrogen-bond acceptors (Lipinski definition) is 3. The van der Waals surface area contributed by atoms with Crippen LogP contribution in [-0.4, -0.2) is 16.8 Å². The molecule has 2 saturated carbocycles. The molecular weight excluding hydrogens is 302 g/mol. The zero-order chi connectivity index (χ0) is 16.9. The van der Waals surface area contributed by atoms with Crippen molar-refractivity contribution in [2.24, 2.45) is 28.1 Å². The number of rotatable bonds is 1. The number of aryl methyl sites for hydroxylation is 1. The summed E-state index contributed by atoms with van der Waals surface area (Å²) in [6.07, 6.45) is 6.56. The Morgan fingerprint density at radius 3 is 2.96 bits per heavy atom. The van der Waals surface area contributed by atoms with E-state index in [1.54, 1.807) is 0 Å². The molecule has 0 heterocycles. The summed E-state index contributed by atoms with van der Waals surface area (Å²) in [6, 6.07) is 5.31. The standard InChI is InChI=1S/C19H25N3O2/c1-19-9-8-14-13-5-3-12(23)10-11(13)2-4-15(14)16(19)6-7-17(19)21-22-18(20)24/h3,5,10,14-16,23H,2,4,6-9H2,1H3,(H3,20,22,24)/b21-17+/t14-,15-,16+,19+/m1/s1. The molecule has 0 saturated heterocycles. The topological polar surface area (TPSA) is 87.7 Å². The molecule has 0 unspecified atom stereocenters. The zero-order valence-electron chi connectivity index (χ0n) is 14.1. The van der Waals surface area contributed by atoms with Gasteiger partial charge in [0, 0.05) is 11.1 Å². The van der Waals surface area contributed by atoms with Gasteiger partial charge in [-0.3, -0.25) is 0 Å². The van der Waals surface area contributed by atoms with Crippen LogP contribution in [0.2, 0.25) is 0 Å². The molecule has 24 heavy (non-hydrogen) atoms. The molecule has 5 heteroatoms. The molecule has 0 bridgehead atoms. The molecule has 5 nitrogen and oxygen atoms in total. The van der Waals surface area contributed by atoms with E-state index in [1.165, 1.54) is 17.5 Å². The summed E-state index contributed by atoms with van der Waals surface area (Å²) in [7, 11) is 0. The third-order valence-electron chi connectivity index (χ3n) is 6.75. The monoisotopic (exact) mass is 327 g/mol. The van der Waals surface area contributed by atoms with E-state index in [9.17, 15) is 9.90 Å². The Hall–Kier alpha value is -2.04. The Bertz CT molecular complexity index is 715. The minimum absolute atomic E-state index is 0.0814. The van der Waals surface area contributed by atoms with Crippen LogP contribution >= 0.6 is 0 Å². The molecule has 2 amide bonds. The van der Waals surface area contributed by atoms with E-state index in [1.807, 2.05) is 12.1 Å². The molecule has 0 spiro atoms. The number of phenolic OH excluding ortho intramolecular Hbond substituents is 1. The number of primary amides is 1. The van der Waals surface area contributed by atoms with Gasteiger partial charge in [0.1, 0.15) is 5.75 Å². The van der Waals surface area contributed by atoms with E-state index in [2.05, 4.69) is 23.5 Å². The number of aromatic hydroxyl groups is 1. The van der Waals surface area contributed by atoms with Crippen molar-refractivity contribution in [2.45, 2.75) is 51.4 Å². The van der Waals surface area contributed by atoms with E-state index in [0.717, 1.165) is 37.8 Å². The summed E-state index contributed by atoms with van der Waals surface area (Å²) in [5.74, 6) is 2.25. The molecule has 128 valence electrons. The number of nitrogens with one attached hydrogen (secondary N) is 1. The lowest BCUT2D eigenvalue weighted by atomic mass is 9.55. The van der Waals surface area contributed by atoms with Crippen molar-refractivity contribution in [3.8, 4) is 5.75 Å². The van der Waals surface area contributed by atoms with Crippen LogP contribution in [0.25, 0.3) is 0 Å². The van der Waals surface area contributed by atoms with Gasteiger partial charge >= 0.3 is 6.03 Å². The molecule has 0 radical (unpaired) electrons. The molecule has 0 aromatic heterocycles. The lowest BCUT2D eigenvalue weighted by molar-refractivity contribution is 0.0954. The Labute approximate surface area is 142 Å². The van der Waals surface area contributed by atoms with E-state index in [4.69, 9.17) is 5.73 Å². The molecule has 0 aliphatic heterocycles. The largest absolute Gasteiger partial charge is 0.508 e. The Balaban J connectivity index is 1.63. The summed E-state index contributed by atoms with van der Waals surface area (Å²) in [5.41, 5.74) is 11.6. The first kappa shape index (κ1) is 15.5. The Morgan fingerprint density at radius 1 is 1.33 bits per heavy atom. The van der Waals surface area contributed by atoms with Gasteiger partial charge in [-0.15, -0.1) is 0 Å². The molecule has 1 aromatic carbocycles. The SMILES string of the molecule is C[C@]12CC[C@@H]3c4ccc(O)cc4CC[C@H]3[C@@H]1CC/C2=N\NC(N)=O. The van der Waals surface area contributed by atoms with Crippen molar-refractivity contribution >= 4 is 11.7 Å². The van der Waals surface area contributed by atoms with E-state index >= 15 is 0 Å². The van der Waals surface area contributed by atoms with Crippen LogP contribution in [0.3, 0.4) is 0 Å². The third-order valence-corrected chi connectivity index (χ3v) is 6.75. The average molecular weight is 327 g/mol. The second-order valence-corrected chi connectivity index (χ2v) is 7.83. The second kappa shape index (κ2) is 5.50. The number of fused-ring (bicyclic) bond motifs is 5. The average Bonchev–Trinajstić information content (AvgIpc) is 2.89. The highest BCUT2D eigenvalue weighted by Gasteiger charge is 2.53. The highest BCUT2D eigenvalue weighted by Crippen LogP contribution is 2.59.